The molecule has 0 radical (unpaired) electrons. The van der Waals surface area contributed by atoms with Crippen LogP contribution in [0.3, 0.4) is 0 Å². The molecular formula is C19H18ClNO. The third-order valence-corrected chi connectivity index (χ3v) is 4.41. The lowest BCUT2D eigenvalue weighted by Crippen LogP contribution is -2.00. The van der Waals surface area contributed by atoms with Crippen molar-refractivity contribution in [1.82, 2.24) is 4.57 Å². The molecule has 0 unspecified atom stereocenters. The molecule has 0 aliphatic carbocycles. The van der Waals surface area contributed by atoms with E-state index < -0.39 is 0 Å². The van der Waals surface area contributed by atoms with Gasteiger partial charge in [0.1, 0.15) is 0 Å². The number of aromatic nitrogens is 1. The number of Topliss-reactive ketones (excluding diaryl/α,β-unsaturated/α-hetero) is 1. The number of para-hydroxylation sites is 1. The van der Waals surface area contributed by atoms with Crippen LogP contribution in [0.2, 0.25) is 5.02 Å². The second-order valence-corrected chi connectivity index (χ2v) is 5.89. The quantitative estimate of drug-likeness (QED) is 0.614. The largest absolute Gasteiger partial charge is 0.342 e. The Morgan fingerprint density at radius 2 is 1.82 bits per heavy atom. The molecule has 0 atom stereocenters. The first-order chi connectivity index (χ1) is 10.6. The highest BCUT2D eigenvalue weighted by Gasteiger charge is 2.15. The summed E-state index contributed by atoms with van der Waals surface area (Å²) in [5.41, 5.74) is 4.21. The van der Waals surface area contributed by atoms with E-state index in [0.717, 1.165) is 33.5 Å². The Balaban J connectivity index is 2.21. The molecule has 0 N–H and O–H groups in total. The van der Waals surface area contributed by atoms with Crippen molar-refractivity contribution in [3.05, 3.63) is 70.4 Å². The van der Waals surface area contributed by atoms with Crippen molar-refractivity contribution in [3.63, 3.8) is 0 Å². The maximum atomic E-state index is 12.0. The van der Waals surface area contributed by atoms with Crippen LogP contribution in [0.5, 0.6) is 0 Å². The number of halogens is 1. The summed E-state index contributed by atoms with van der Waals surface area (Å²) < 4.78 is 2.14. The van der Waals surface area contributed by atoms with Crippen LogP contribution in [0.4, 0.5) is 0 Å². The topological polar surface area (TPSA) is 22.0 Å². The molecule has 2 aromatic carbocycles. The molecule has 0 amide bonds. The average Bonchev–Trinajstić information content (AvgIpc) is 2.89. The van der Waals surface area contributed by atoms with E-state index in [-0.39, 0.29) is 5.78 Å². The first-order valence-electron chi connectivity index (χ1n) is 7.47. The highest BCUT2D eigenvalue weighted by molar-refractivity contribution is 6.31. The molecule has 0 saturated carbocycles. The number of rotatable bonds is 4. The van der Waals surface area contributed by atoms with Gasteiger partial charge in [0.15, 0.2) is 5.78 Å². The minimum Gasteiger partial charge on any atom is -0.342 e. The van der Waals surface area contributed by atoms with Gasteiger partial charge in [-0.2, -0.15) is 0 Å². The summed E-state index contributed by atoms with van der Waals surface area (Å²) in [5, 5.41) is 1.78. The van der Waals surface area contributed by atoms with E-state index in [1.807, 2.05) is 42.6 Å². The number of hydrogen-bond donors (Lipinski definition) is 0. The Bertz CT molecular complexity index is 848. The molecular weight excluding hydrogens is 294 g/mol. The van der Waals surface area contributed by atoms with Gasteiger partial charge in [0, 0.05) is 28.7 Å². The molecule has 3 aromatic rings. The fourth-order valence-electron chi connectivity index (χ4n) is 2.94. The predicted octanol–water partition coefficient (Wildman–Crippen LogP) is 5.11. The summed E-state index contributed by atoms with van der Waals surface area (Å²) in [6, 6.07) is 14.0. The molecule has 1 heterocycles. The van der Waals surface area contributed by atoms with Crippen LogP contribution < -0.4 is 0 Å². The van der Waals surface area contributed by atoms with Gasteiger partial charge in [-0.1, -0.05) is 54.9 Å². The molecule has 3 heteroatoms. The molecule has 0 aliphatic heterocycles. The smallest absolute Gasteiger partial charge is 0.161 e. The SMILES string of the molecule is CCc1cccc2c(C(C)=O)cn(Cc3ccccc3Cl)c12. The molecule has 0 spiro atoms. The molecule has 0 aliphatic rings. The Kier molecular flexibility index (Phi) is 4.04. The highest BCUT2D eigenvalue weighted by Crippen LogP contribution is 2.27. The third kappa shape index (κ3) is 2.55. The second kappa shape index (κ2) is 5.98. The van der Waals surface area contributed by atoms with E-state index in [9.17, 15) is 4.79 Å². The van der Waals surface area contributed by atoms with Crippen LogP contribution in [-0.2, 0) is 13.0 Å². The molecule has 22 heavy (non-hydrogen) atoms. The fourth-order valence-corrected chi connectivity index (χ4v) is 3.13. The Labute approximate surface area is 135 Å². The van der Waals surface area contributed by atoms with Crippen molar-refractivity contribution in [2.75, 3.05) is 0 Å². The van der Waals surface area contributed by atoms with E-state index in [1.54, 1.807) is 6.92 Å². The van der Waals surface area contributed by atoms with Crippen LogP contribution >= 0.6 is 11.6 Å². The fraction of sp³-hybridized carbons (Fsp3) is 0.211. The Hall–Kier alpha value is -2.06. The predicted molar refractivity (Wildman–Crippen MR) is 91.9 cm³/mol. The molecule has 0 fully saturated rings. The summed E-state index contributed by atoms with van der Waals surface area (Å²) in [6.07, 6.45) is 2.89. The number of ketones is 1. The van der Waals surface area contributed by atoms with Gasteiger partial charge in [0.2, 0.25) is 0 Å². The lowest BCUT2D eigenvalue weighted by atomic mass is 10.1. The maximum absolute atomic E-state index is 12.0. The lowest BCUT2D eigenvalue weighted by molar-refractivity contribution is 0.101. The number of nitrogens with zero attached hydrogens (tertiary/aromatic N) is 1. The molecule has 1 aromatic heterocycles. The Morgan fingerprint density at radius 3 is 2.50 bits per heavy atom. The van der Waals surface area contributed by atoms with E-state index >= 15 is 0 Å². The minimum absolute atomic E-state index is 0.0937. The molecule has 2 nitrogen and oxygen atoms in total. The summed E-state index contributed by atoms with van der Waals surface area (Å²) in [5.74, 6) is 0.0937. The van der Waals surface area contributed by atoms with Crippen molar-refractivity contribution < 1.29 is 4.79 Å². The van der Waals surface area contributed by atoms with Crippen LogP contribution in [0.25, 0.3) is 10.9 Å². The third-order valence-electron chi connectivity index (χ3n) is 4.04. The Morgan fingerprint density at radius 1 is 1.09 bits per heavy atom. The van der Waals surface area contributed by atoms with Crippen molar-refractivity contribution in [2.45, 2.75) is 26.8 Å². The number of hydrogen-bond acceptors (Lipinski definition) is 1. The molecule has 0 bridgehead atoms. The molecule has 112 valence electrons. The van der Waals surface area contributed by atoms with Crippen molar-refractivity contribution in [2.24, 2.45) is 0 Å². The van der Waals surface area contributed by atoms with Crippen molar-refractivity contribution >= 4 is 28.3 Å². The maximum Gasteiger partial charge on any atom is 0.161 e. The summed E-state index contributed by atoms with van der Waals surface area (Å²) in [6.45, 7) is 4.42. The zero-order chi connectivity index (χ0) is 15.7. The van der Waals surface area contributed by atoms with Gasteiger partial charge in [0.05, 0.1) is 5.52 Å². The lowest BCUT2D eigenvalue weighted by Gasteiger charge is -2.10. The average molecular weight is 312 g/mol. The van der Waals surface area contributed by atoms with Gasteiger partial charge < -0.3 is 4.57 Å². The van der Waals surface area contributed by atoms with E-state index in [4.69, 9.17) is 11.6 Å². The second-order valence-electron chi connectivity index (χ2n) is 5.49. The summed E-state index contributed by atoms with van der Waals surface area (Å²) >= 11 is 6.29. The van der Waals surface area contributed by atoms with Gasteiger partial charge >= 0.3 is 0 Å². The molecule has 0 saturated heterocycles. The number of fused-ring (bicyclic) bond motifs is 1. The number of carbonyl (C=O) groups is 1. The van der Waals surface area contributed by atoms with E-state index in [0.29, 0.717) is 6.54 Å². The van der Waals surface area contributed by atoms with Crippen LogP contribution in [0, 0.1) is 0 Å². The summed E-state index contributed by atoms with van der Waals surface area (Å²) in [7, 11) is 0. The number of aryl methyl sites for hydroxylation is 1. The van der Waals surface area contributed by atoms with Gasteiger partial charge in [-0.05, 0) is 30.5 Å². The normalized spacial score (nSPS) is 11.0. The standard InChI is InChI=1S/C19H18ClNO/c1-3-14-8-6-9-16-17(13(2)22)12-21(19(14)16)11-15-7-4-5-10-18(15)20/h4-10,12H,3,11H2,1-2H3. The van der Waals surface area contributed by atoms with Gasteiger partial charge in [-0.25, -0.2) is 0 Å². The van der Waals surface area contributed by atoms with Crippen LogP contribution in [-0.4, -0.2) is 10.4 Å². The van der Waals surface area contributed by atoms with Crippen LogP contribution in [0.1, 0.15) is 35.3 Å². The van der Waals surface area contributed by atoms with Crippen LogP contribution in [0.15, 0.2) is 48.7 Å². The highest BCUT2D eigenvalue weighted by atomic mass is 35.5. The monoisotopic (exact) mass is 311 g/mol. The minimum atomic E-state index is 0.0937. The molecule has 3 rings (SSSR count). The van der Waals surface area contributed by atoms with E-state index in [2.05, 4.69) is 17.6 Å². The zero-order valence-corrected chi connectivity index (χ0v) is 13.5. The summed E-state index contributed by atoms with van der Waals surface area (Å²) in [4.78, 5) is 12.0. The number of carbonyl (C=O) groups excluding carboxylic acids is 1. The first-order valence-corrected chi connectivity index (χ1v) is 7.84. The van der Waals surface area contributed by atoms with Crippen molar-refractivity contribution in [3.8, 4) is 0 Å². The van der Waals surface area contributed by atoms with Gasteiger partial charge in [0.25, 0.3) is 0 Å². The van der Waals surface area contributed by atoms with Gasteiger partial charge in [-0.15, -0.1) is 0 Å². The first kappa shape index (κ1) is 14.9. The van der Waals surface area contributed by atoms with E-state index in [1.165, 1.54) is 5.56 Å². The van der Waals surface area contributed by atoms with Crippen molar-refractivity contribution in [1.29, 1.82) is 0 Å². The number of benzene rings is 2. The zero-order valence-electron chi connectivity index (χ0n) is 12.8. The van der Waals surface area contributed by atoms with Gasteiger partial charge in [-0.3, -0.25) is 4.79 Å².